The van der Waals surface area contributed by atoms with Crippen molar-refractivity contribution in [2.45, 2.75) is 18.9 Å². The fraction of sp³-hybridized carbons (Fsp3) is 0.364. The van der Waals surface area contributed by atoms with Gasteiger partial charge >= 0.3 is 5.97 Å². The number of methoxy groups -OCH3 is 1. The van der Waals surface area contributed by atoms with Crippen molar-refractivity contribution in [3.05, 3.63) is 29.6 Å². The summed E-state index contributed by atoms with van der Waals surface area (Å²) in [5.41, 5.74) is 6.00. The van der Waals surface area contributed by atoms with E-state index in [2.05, 4.69) is 4.74 Å². The zero-order valence-corrected chi connectivity index (χ0v) is 8.94. The van der Waals surface area contributed by atoms with Crippen LogP contribution >= 0.6 is 0 Å². The number of aromatic hydroxyl groups is 1. The maximum Gasteiger partial charge on any atom is 0.305 e. The lowest BCUT2D eigenvalue weighted by atomic mass is 10.0. The molecule has 1 unspecified atom stereocenters. The first kappa shape index (κ1) is 12.4. The topological polar surface area (TPSA) is 72.5 Å². The van der Waals surface area contributed by atoms with Crippen LogP contribution in [-0.4, -0.2) is 18.2 Å². The Hall–Kier alpha value is -1.62. The molecule has 0 amide bonds. The molecule has 0 fully saturated rings. The van der Waals surface area contributed by atoms with Gasteiger partial charge in [-0.15, -0.1) is 0 Å². The number of halogens is 1. The number of rotatable bonds is 4. The van der Waals surface area contributed by atoms with Gasteiger partial charge in [0.05, 0.1) is 7.11 Å². The normalized spacial score (nSPS) is 12.2. The van der Waals surface area contributed by atoms with Gasteiger partial charge in [0.25, 0.3) is 0 Å². The molecule has 0 heterocycles. The number of hydrogen-bond acceptors (Lipinski definition) is 4. The molecular formula is C11H14FNO3. The van der Waals surface area contributed by atoms with E-state index in [0.717, 1.165) is 6.07 Å². The number of nitrogens with two attached hydrogens (primary N) is 1. The number of phenols is 1. The summed E-state index contributed by atoms with van der Waals surface area (Å²) in [4.78, 5) is 10.9. The lowest BCUT2D eigenvalue weighted by Gasteiger charge is -2.12. The predicted molar refractivity (Wildman–Crippen MR) is 56.2 cm³/mol. The van der Waals surface area contributed by atoms with Crippen LogP contribution in [0, 0.1) is 5.82 Å². The Labute approximate surface area is 92.8 Å². The summed E-state index contributed by atoms with van der Waals surface area (Å²) in [5.74, 6) is -1.10. The van der Waals surface area contributed by atoms with Crippen molar-refractivity contribution in [2.75, 3.05) is 7.11 Å². The molecule has 4 nitrogen and oxygen atoms in total. The maximum atomic E-state index is 13.4. The molecule has 0 aliphatic heterocycles. The zero-order valence-electron chi connectivity index (χ0n) is 8.94. The van der Waals surface area contributed by atoms with Gasteiger partial charge in [0.15, 0.2) is 0 Å². The van der Waals surface area contributed by atoms with Crippen LogP contribution in [0.15, 0.2) is 18.2 Å². The summed E-state index contributed by atoms with van der Waals surface area (Å²) < 4.78 is 17.8. The van der Waals surface area contributed by atoms with Crippen LogP contribution in [-0.2, 0) is 9.53 Å². The van der Waals surface area contributed by atoms with Crippen molar-refractivity contribution < 1.29 is 19.0 Å². The van der Waals surface area contributed by atoms with Crippen LogP contribution in [0.5, 0.6) is 5.75 Å². The summed E-state index contributed by atoms with van der Waals surface area (Å²) in [6.07, 6.45) is 0.437. The Morgan fingerprint density at radius 3 is 2.88 bits per heavy atom. The molecule has 0 bridgehead atoms. The molecule has 0 aromatic heterocycles. The molecule has 1 aromatic rings. The third kappa shape index (κ3) is 3.20. The minimum absolute atomic E-state index is 0.137. The average molecular weight is 227 g/mol. The van der Waals surface area contributed by atoms with Gasteiger partial charge < -0.3 is 15.6 Å². The fourth-order valence-electron chi connectivity index (χ4n) is 1.35. The van der Waals surface area contributed by atoms with Gasteiger partial charge in [-0.05, 0) is 12.5 Å². The Bertz CT molecular complexity index is 381. The van der Waals surface area contributed by atoms with Gasteiger partial charge in [0, 0.05) is 24.1 Å². The van der Waals surface area contributed by atoms with Crippen LogP contribution in [0.3, 0.4) is 0 Å². The molecule has 1 atom stereocenters. The van der Waals surface area contributed by atoms with Crippen LogP contribution in [0.4, 0.5) is 4.39 Å². The van der Waals surface area contributed by atoms with Gasteiger partial charge in [-0.3, -0.25) is 4.79 Å². The number of benzene rings is 1. The quantitative estimate of drug-likeness (QED) is 0.764. The third-order valence-corrected chi connectivity index (χ3v) is 2.27. The molecule has 0 aliphatic rings. The van der Waals surface area contributed by atoms with Gasteiger partial charge in [-0.25, -0.2) is 4.39 Å². The van der Waals surface area contributed by atoms with Gasteiger partial charge in [-0.1, -0.05) is 6.07 Å². The van der Waals surface area contributed by atoms with Gasteiger partial charge in [0.1, 0.15) is 11.6 Å². The maximum absolute atomic E-state index is 13.4. The largest absolute Gasteiger partial charge is 0.508 e. The Morgan fingerprint density at radius 1 is 1.62 bits per heavy atom. The second-order valence-electron chi connectivity index (χ2n) is 3.43. The van der Waals surface area contributed by atoms with E-state index in [1.807, 2.05) is 0 Å². The summed E-state index contributed by atoms with van der Waals surface area (Å²) in [5, 5.41) is 9.02. The monoisotopic (exact) mass is 227 g/mol. The molecule has 0 saturated heterocycles. The van der Waals surface area contributed by atoms with E-state index in [9.17, 15) is 9.18 Å². The second kappa shape index (κ2) is 5.46. The molecule has 1 rings (SSSR count). The summed E-state index contributed by atoms with van der Waals surface area (Å²) in [7, 11) is 1.29. The molecule has 1 aromatic carbocycles. The minimum atomic E-state index is -0.584. The first-order valence-corrected chi connectivity index (χ1v) is 4.85. The Kier molecular flexibility index (Phi) is 4.25. The highest BCUT2D eigenvalue weighted by atomic mass is 19.1. The van der Waals surface area contributed by atoms with Crippen LogP contribution in [0.2, 0.25) is 0 Å². The molecule has 0 spiro atoms. The molecule has 3 N–H and O–H groups in total. The zero-order chi connectivity index (χ0) is 12.1. The molecule has 0 saturated carbocycles. The van der Waals surface area contributed by atoms with E-state index < -0.39 is 11.9 Å². The number of carbonyl (C=O) groups excluding carboxylic acids is 1. The standard InChI is InChI=1S/C11H14FNO3/c1-16-11(15)5-4-10(13)8-3-2-7(14)6-9(8)12/h2-3,6,10,14H,4-5,13H2,1H3. The molecular weight excluding hydrogens is 213 g/mol. The summed E-state index contributed by atoms with van der Waals surface area (Å²) in [6, 6.07) is 3.18. The molecule has 5 heteroatoms. The van der Waals surface area contributed by atoms with Crippen LogP contribution < -0.4 is 5.73 Å². The Morgan fingerprint density at radius 2 is 2.31 bits per heavy atom. The number of ether oxygens (including phenoxy) is 1. The molecule has 16 heavy (non-hydrogen) atoms. The first-order chi connectivity index (χ1) is 7.54. The highest BCUT2D eigenvalue weighted by Gasteiger charge is 2.13. The highest BCUT2D eigenvalue weighted by Crippen LogP contribution is 2.22. The van der Waals surface area contributed by atoms with E-state index in [0.29, 0.717) is 6.42 Å². The summed E-state index contributed by atoms with van der Waals surface area (Å²) >= 11 is 0. The van der Waals surface area contributed by atoms with E-state index in [-0.39, 0.29) is 23.7 Å². The predicted octanol–water partition coefficient (Wildman–Crippen LogP) is 1.48. The smallest absolute Gasteiger partial charge is 0.305 e. The molecule has 88 valence electrons. The van der Waals surface area contributed by atoms with E-state index in [1.165, 1.54) is 19.2 Å². The minimum Gasteiger partial charge on any atom is -0.508 e. The van der Waals surface area contributed by atoms with Crippen molar-refractivity contribution in [2.24, 2.45) is 5.73 Å². The highest BCUT2D eigenvalue weighted by molar-refractivity contribution is 5.69. The molecule has 0 radical (unpaired) electrons. The SMILES string of the molecule is COC(=O)CCC(N)c1ccc(O)cc1F. The lowest BCUT2D eigenvalue weighted by Crippen LogP contribution is -2.14. The number of phenolic OH excluding ortho intramolecular Hbond substituents is 1. The first-order valence-electron chi connectivity index (χ1n) is 4.85. The van der Waals surface area contributed by atoms with Gasteiger partial charge in [-0.2, -0.15) is 0 Å². The van der Waals surface area contributed by atoms with E-state index in [4.69, 9.17) is 10.8 Å². The van der Waals surface area contributed by atoms with E-state index in [1.54, 1.807) is 0 Å². The summed E-state index contributed by atoms with van der Waals surface area (Å²) in [6.45, 7) is 0. The van der Waals surface area contributed by atoms with Crippen LogP contribution in [0.25, 0.3) is 0 Å². The lowest BCUT2D eigenvalue weighted by molar-refractivity contribution is -0.140. The van der Waals surface area contributed by atoms with Crippen LogP contribution in [0.1, 0.15) is 24.4 Å². The Balaban J connectivity index is 2.65. The number of hydrogen-bond donors (Lipinski definition) is 2. The number of carbonyl (C=O) groups is 1. The van der Waals surface area contributed by atoms with Crippen molar-refractivity contribution in [3.63, 3.8) is 0 Å². The second-order valence-corrected chi connectivity index (χ2v) is 3.43. The molecule has 0 aliphatic carbocycles. The van der Waals surface area contributed by atoms with Gasteiger partial charge in [0.2, 0.25) is 0 Å². The third-order valence-electron chi connectivity index (χ3n) is 2.27. The fourth-order valence-corrected chi connectivity index (χ4v) is 1.35. The van der Waals surface area contributed by atoms with Crippen molar-refractivity contribution >= 4 is 5.97 Å². The van der Waals surface area contributed by atoms with Crippen molar-refractivity contribution in [3.8, 4) is 5.75 Å². The van der Waals surface area contributed by atoms with E-state index >= 15 is 0 Å². The van der Waals surface area contributed by atoms with Crippen molar-refractivity contribution in [1.29, 1.82) is 0 Å². The average Bonchev–Trinajstić information content (AvgIpc) is 2.25. The number of esters is 1. The van der Waals surface area contributed by atoms with Crippen molar-refractivity contribution in [1.82, 2.24) is 0 Å².